The SMILES string of the molecule is C#CCN(CC)CC(N)CCc1ccccc1. The van der Waals surface area contributed by atoms with Gasteiger partial charge in [0, 0.05) is 12.6 Å². The van der Waals surface area contributed by atoms with E-state index in [2.05, 4.69) is 42.0 Å². The van der Waals surface area contributed by atoms with Crippen molar-refractivity contribution >= 4 is 0 Å². The van der Waals surface area contributed by atoms with Gasteiger partial charge in [0.15, 0.2) is 0 Å². The first-order chi connectivity index (χ1) is 8.26. The van der Waals surface area contributed by atoms with Gasteiger partial charge in [0.2, 0.25) is 0 Å². The molecule has 2 nitrogen and oxygen atoms in total. The fourth-order valence-corrected chi connectivity index (χ4v) is 1.85. The molecule has 0 amide bonds. The van der Waals surface area contributed by atoms with Crippen LogP contribution in [0, 0.1) is 12.3 Å². The largest absolute Gasteiger partial charge is 0.327 e. The van der Waals surface area contributed by atoms with Crippen molar-refractivity contribution in [3.8, 4) is 12.3 Å². The minimum Gasteiger partial charge on any atom is -0.327 e. The molecule has 2 heteroatoms. The summed E-state index contributed by atoms with van der Waals surface area (Å²) < 4.78 is 0. The lowest BCUT2D eigenvalue weighted by atomic mass is 10.1. The Morgan fingerprint density at radius 1 is 1.35 bits per heavy atom. The molecule has 17 heavy (non-hydrogen) atoms. The Hall–Kier alpha value is -1.30. The molecule has 1 rings (SSSR count). The van der Waals surface area contributed by atoms with E-state index in [0.717, 1.165) is 25.9 Å². The van der Waals surface area contributed by atoms with E-state index in [1.54, 1.807) is 0 Å². The van der Waals surface area contributed by atoms with E-state index in [4.69, 9.17) is 12.2 Å². The summed E-state index contributed by atoms with van der Waals surface area (Å²) in [7, 11) is 0. The number of aryl methyl sites for hydroxylation is 1. The Kier molecular flexibility index (Phi) is 6.39. The molecule has 2 N–H and O–H groups in total. The molecule has 1 atom stereocenters. The van der Waals surface area contributed by atoms with Crippen LogP contribution in [0.1, 0.15) is 18.9 Å². The lowest BCUT2D eigenvalue weighted by Crippen LogP contribution is -2.38. The fourth-order valence-electron chi connectivity index (χ4n) is 1.85. The Labute approximate surface area is 105 Å². The molecule has 1 aromatic rings. The number of nitrogens with zero attached hydrogens (tertiary/aromatic N) is 1. The summed E-state index contributed by atoms with van der Waals surface area (Å²) in [4.78, 5) is 2.20. The second-order valence-corrected chi connectivity index (χ2v) is 4.32. The average Bonchev–Trinajstić information content (AvgIpc) is 2.37. The average molecular weight is 230 g/mol. The molecule has 0 aromatic heterocycles. The molecule has 0 aliphatic rings. The zero-order valence-electron chi connectivity index (χ0n) is 10.6. The number of rotatable bonds is 7. The first-order valence-corrected chi connectivity index (χ1v) is 6.21. The first-order valence-electron chi connectivity index (χ1n) is 6.21. The van der Waals surface area contributed by atoms with Crippen molar-refractivity contribution in [3.63, 3.8) is 0 Å². The number of hydrogen-bond acceptors (Lipinski definition) is 2. The monoisotopic (exact) mass is 230 g/mol. The number of hydrogen-bond donors (Lipinski definition) is 1. The highest BCUT2D eigenvalue weighted by Crippen LogP contribution is 2.04. The van der Waals surface area contributed by atoms with Gasteiger partial charge in [0.1, 0.15) is 0 Å². The third kappa shape index (κ3) is 5.53. The van der Waals surface area contributed by atoms with Crippen LogP contribution in [0.25, 0.3) is 0 Å². The molecule has 0 radical (unpaired) electrons. The highest BCUT2D eigenvalue weighted by molar-refractivity contribution is 5.14. The standard InChI is InChI=1S/C15H22N2/c1-3-12-17(4-2)13-15(16)11-10-14-8-6-5-7-9-14/h1,5-9,15H,4,10-13,16H2,2H3. The van der Waals surface area contributed by atoms with E-state index in [1.807, 2.05) is 6.07 Å². The van der Waals surface area contributed by atoms with Gasteiger partial charge in [-0.15, -0.1) is 6.42 Å². The second-order valence-electron chi connectivity index (χ2n) is 4.32. The van der Waals surface area contributed by atoms with Gasteiger partial charge < -0.3 is 5.73 Å². The van der Waals surface area contributed by atoms with Crippen LogP contribution in [0.5, 0.6) is 0 Å². The van der Waals surface area contributed by atoms with E-state index in [0.29, 0.717) is 6.54 Å². The van der Waals surface area contributed by atoms with Crippen LogP contribution in [0.4, 0.5) is 0 Å². The van der Waals surface area contributed by atoms with Crippen LogP contribution in [0.15, 0.2) is 30.3 Å². The number of nitrogens with two attached hydrogens (primary N) is 1. The molecular formula is C15H22N2. The predicted molar refractivity (Wildman–Crippen MR) is 73.7 cm³/mol. The topological polar surface area (TPSA) is 29.3 Å². The van der Waals surface area contributed by atoms with Crippen LogP contribution in [-0.2, 0) is 6.42 Å². The molecule has 1 unspecified atom stereocenters. The maximum absolute atomic E-state index is 6.12. The highest BCUT2D eigenvalue weighted by atomic mass is 15.1. The highest BCUT2D eigenvalue weighted by Gasteiger charge is 2.08. The van der Waals surface area contributed by atoms with Crippen molar-refractivity contribution in [1.29, 1.82) is 0 Å². The normalized spacial score (nSPS) is 12.4. The summed E-state index contributed by atoms with van der Waals surface area (Å²) in [5.74, 6) is 2.67. The first kappa shape index (κ1) is 13.8. The fraction of sp³-hybridized carbons (Fsp3) is 0.467. The predicted octanol–water partition coefficient (Wildman–Crippen LogP) is 1.90. The van der Waals surface area contributed by atoms with E-state index in [-0.39, 0.29) is 6.04 Å². The third-order valence-electron chi connectivity index (χ3n) is 2.90. The lowest BCUT2D eigenvalue weighted by molar-refractivity contribution is 0.295. The van der Waals surface area contributed by atoms with Crippen LogP contribution in [0.3, 0.4) is 0 Å². The maximum Gasteiger partial charge on any atom is 0.0599 e. The minimum absolute atomic E-state index is 0.198. The molecule has 0 spiro atoms. The molecule has 0 saturated carbocycles. The Morgan fingerprint density at radius 3 is 2.65 bits per heavy atom. The molecule has 92 valence electrons. The second kappa shape index (κ2) is 7.89. The molecule has 0 saturated heterocycles. The van der Waals surface area contributed by atoms with Gasteiger partial charge in [-0.1, -0.05) is 43.2 Å². The summed E-state index contributed by atoms with van der Waals surface area (Å²) in [5.41, 5.74) is 7.47. The van der Waals surface area contributed by atoms with Gasteiger partial charge >= 0.3 is 0 Å². The third-order valence-corrected chi connectivity index (χ3v) is 2.90. The van der Waals surface area contributed by atoms with Gasteiger partial charge in [0.25, 0.3) is 0 Å². The Bertz CT molecular complexity index is 340. The van der Waals surface area contributed by atoms with Crippen molar-refractivity contribution in [3.05, 3.63) is 35.9 Å². The van der Waals surface area contributed by atoms with Gasteiger partial charge in [-0.25, -0.2) is 0 Å². The van der Waals surface area contributed by atoms with E-state index >= 15 is 0 Å². The molecule has 1 aromatic carbocycles. The maximum atomic E-state index is 6.12. The summed E-state index contributed by atoms with van der Waals surface area (Å²) in [6.45, 7) is 4.65. The molecule has 0 bridgehead atoms. The van der Waals surface area contributed by atoms with Crippen molar-refractivity contribution in [1.82, 2.24) is 4.90 Å². The van der Waals surface area contributed by atoms with Gasteiger partial charge in [-0.05, 0) is 24.9 Å². The summed E-state index contributed by atoms with van der Waals surface area (Å²) >= 11 is 0. The van der Waals surface area contributed by atoms with Crippen LogP contribution in [-0.4, -0.2) is 30.6 Å². The zero-order valence-corrected chi connectivity index (χ0v) is 10.6. The molecule has 0 fully saturated rings. The number of benzene rings is 1. The minimum atomic E-state index is 0.198. The van der Waals surface area contributed by atoms with Crippen LogP contribution in [0.2, 0.25) is 0 Å². The van der Waals surface area contributed by atoms with Crippen LogP contribution >= 0.6 is 0 Å². The number of likely N-dealkylation sites (N-methyl/N-ethyl adjacent to an activating group) is 1. The molecular weight excluding hydrogens is 208 g/mol. The Morgan fingerprint density at radius 2 is 2.06 bits per heavy atom. The number of terminal acetylenes is 1. The van der Waals surface area contributed by atoms with Gasteiger partial charge in [-0.3, -0.25) is 4.90 Å². The molecule has 0 aliphatic heterocycles. The van der Waals surface area contributed by atoms with E-state index < -0.39 is 0 Å². The van der Waals surface area contributed by atoms with Crippen molar-refractivity contribution in [2.24, 2.45) is 5.73 Å². The van der Waals surface area contributed by atoms with Crippen molar-refractivity contribution in [2.45, 2.75) is 25.8 Å². The van der Waals surface area contributed by atoms with Gasteiger partial charge in [0.05, 0.1) is 6.54 Å². The Balaban J connectivity index is 2.30. The summed E-state index contributed by atoms with van der Waals surface area (Å²) in [6.07, 6.45) is 7.36. The summed E-state index contributed by atoms with van der Waals surface area (Å²) in [5, 5.41) is 0. The quantitative estimate of drug-likeness (QED) is 0.725. The molecule has 0 heterocycles. The zero-order chi connectivity index (χ0) is 12.5. The van der Waals surface area contributed by atoms with Crippen molar-refractivity contribution in [2.75, 3.05) is 19.6 Å². The van der Waals surface area contributed by atoms with Crippen LogP contribution < -0.4 is 5.73 Å². The summed E-state index contributed by atoms with van der Waals surface area (Å²) in [6, 6.07) is 10.7. The van der Waals surface area contributed by atoms with Gasteiger partial charge in [-0.2, -0.15) is 0 Å². The lowest BCUT2D eigenvalue weighted by Gasteiger charge is -2.22. The smallest absolute Gasteiger partial charge is 0.0599 e. The van der Waals surface area contributed by atoms with E-state index in [1.165, 1.54) is 5.56 Å². The molecule has 0 aliphatic carbocycles. The van der Waals surface area contributed by atoms with Crippen molar-refractivity contribution < 1.29 is 0 Å². The van der Waals surface area contributed by atoms with E-state index in [9.17, 15) is 0 Å².